The number of benzene rings is 2. The van der Waals surface area contributed by atoms with E-state index in [0.29, 0.717) is 22.7 Å². The van der Waals surface area contributed by atoms with E-state index < -0.39 is 18.6 Å². The van der Waals surface area contributed by atoms with Crippen molar-refractivity contribution in [3.63, 3.8) is 0 Å². The molecule has 28 heavy (non-hydrogen) atoms. The maximum atomic E-state index is 13.3. The van der Waals surface area contributed by atoms with Crippen LogP contribution in [0.25, 0.3) is 0 Å². The number of ether oxygens (including phenoxy) is 1. The highest BCUT2D eigenvalue weighted by atomic mass is 16.5. The van der Waals surface area contributed by atoms with Crippen LogP contribution in [0.3, 0.4) is 0 Å². The summed E-state index contributed by atoms with van der Waals surface area (Å²) in [5.74, 6) is -0.777. The third-order valence-corrected chi connectivity index (χ3v) is 5.06. The summed E-state index contributed by atoms with van der Waals surface area (Å²) in [5, 5.41) is 9.41. The Morgan fingerprint density at radius 1 is 1.25 bits per heavy atom. The Labute approximate surface area is 164 Å². The van der Waals surface area contributed by atoms with Crippen LogP contribution in [-0.2, 0) is 9.59 Å². The van der Waals surface area contributed by atoms with Gasteiger partial charge in [-0.3, -0.25) is 19.5 Å². The Hall–Kier alpha value is -3.15. The van der Waals surface area contributed by atoms with Crippen molar-refractivity contribution < 1.29 is 19.4 Å². The molecule has 2 atom stereocenters. The molecule has 0 aliphatic carbocycles. The van der Waals surface area contributed by atoms with E-state index in [4.69, 9.17) is 9.73 Å². The summed E-state index contributed by atoms with van der Waals surface area (Å²) < 4.78 is 5.37. The average molecular weight is 380 g/mol. The SMILES string of the molecule is CC[C@H](C)C1N=C(c2ccccc2)c2cc(OC)ccc2N(CC(=O)O)C1=O. The minimum absolute atomic E-state index is 0.0290. The lowest BCUT2D eigenvalue weighted by Gasteiger charge is -2.25. The predicted molar refractivity (Wildman–Crippen MR) is 108 cm³/mol. The number of benzodiazepines with no additional fused rings is 1. The Morgan fingerprint density at radius 3 is 2.57 bits per heavy atom. The molecular weight excluding hydrogens is 356 g/mol. The molecule has 1 unspecified atom stereocenters. The van der Waals surface area contributed by atoms with Crippen LogP contribution in [0.4, 0.5) is 5.69 Å². The van der Waals surface area contributed by atoms with Crippen LogP contribution in [0, 0.1) is 5.92 Å². The zero-order chi connectivity index (χ0) is 20.3. The van der Waals surface area contributed by atoms with Gasteiger partial charge in [0.1, 0.15) is 18.3 Å². The van der Waals surface area contributed by atoms with Gasteiger partial charge in [-0.2, -0.15) is 0 Å². The van der Waals surface area contributed by atoms with E-state index in [-0.39, 0.29) is 11.8 Å². The number of nitrogens with zero attached hydrogens (tertiary/aromatic N) is 2. The molecule has 1 aliphatic rings. The number of hydrogen-bond acceptors (Lipinski definition) is 4. The summed E-state index contributed by atoms with van der Waals surface area (Å²) in [4.78, 5) is 31.0. The highest BCUT2D eigenvalue weighted by molar-refractivity contribution is 6.20. The van der Waals surface area contributed by atoms with Crippen molar-refractivity contribution in [2.45, 2.75) is 26.3 Å². The number of carboxylic acid groups (broad SMARTS) is 1. The van der Waals surface area contributed by atoms with Crippen LogP contribution in [0.15, 0.2) is 53.5 Å². The minimum atomic E-state index is -1.07. The number of carbonyl (C=O) groups is 2. The van der Waals surface area contributed by atoms with Gasteiger partial charge in [0.25, 0.3) is 5.91 Å². The fraction of sp³-hybridized carbons (Fsp3) is 0.318. The smallest absolute Gasteiger partial charge is 0.323 e. The van der Waals surface area contributed by atoms with Gasteiger partial charge < -0.3 is 9.84 Å². The molecule has 1 N–H and O–H groups in total. The molecule has 6 nitrogen and oxygen atoms in total. The maximum absolute atomic E-state index is 13.3. The standard InChI is InChI=1S/C22H24N2O4/c1-4-14(2)20-22(27)24(13-19(25)26)18-11-10-16(28-3)12-17(18)21(23-20)15-8-6-5-7-9-15/h5-12,14,20H,4,13H2,1-3H3,(H,25,26)/t14-,20?/m0/s1. The van der Waals surface area contributed by atoms with Gasteiger partial charge in [0, 0.05) is 11.1 Å². The number of methoxy groups -OCH3 is 1. The molecule has 0 saturated carbocycles. The first kappa shape index (κ1) is 19.6. The molecule has 0 spiro atoms. The van der Waals surface area contributed by atoms with Crippen molar-refractivity contribution in [1.82, 2.24) is 0 Å². The Bertz CT molecular complexity index is 908. The quantitative estimate of drug-likeness (QED) is 0.833. The second kappa shape index (κ2) is 8.25. The molecule has 1 aliphatic heterocycles. The number of carbonyl (C=O) groups excluding carboxylic acids is 1. The number of rotatable bonds is 6. The van der Waals surface area contributed by atoms with E-state index in [1.807, 2.05) is 50.2 Å². The van der Waals surface area contributed by atoms with Crippen molar-refractivity contribution in [2.24, 2.45) is 10.9 Å². The van der Waals surface area contributed by atoms with Crippen LogP contribution in [0.2, 0.25) is 0 Å². The van der Waals surface area contributed by atoms with Crippen LogP contribution < -0.4 is 9.64 Å². The van der Waals surface area contributed by atoms with Crippen molar-refractivity contribution in [3.8, 4) is 5.75 Å². The topological polar surface area (TPSA) is 79.2 Å². The van der Waals surface area contributed by atoms with E-state index >= 15 is 0 Å². The van der Waals surface area contributed by atoms with E-state index in [2.05, 4.69) is 0 Å². The van der Waals surface area contributed by atoms with Crippen LogP contribution in [0.1, 0.15) is 31.4 Å². The average Bonchev–Trinajstić information content (AvgIpc) is 2.82. The van der Waals surface area contributed by atoms with Crippen molar-refractivity contribution >= 4 is 23.3 Å². The molecule has 2 aromatic rings. The number of anilines is 1. The van der Waals surface area contributed by atoms with Crippen molar-refractivity contribution in [3.05, 3.63) is 59.7 Å². The first-order chi connectivity index (χ1) is 13.5. The summed E-state index contributed by atoms with van der Waals surface area (Å²) in [6.07, 6.45) is 0.753. The molecule has 3 rings (SSSR count). The fourth-order valence-electron chi connectivity index (χ4n) is 3.33. The molecule has 2 aromatic carbocycles. The van der Waals surface area contributed by atoms with Gasteiger partial charge in [-0.1, -0.05) is 50.6 Å². The largest absolute Gasteiger partial charge is 0.497 e. The number of carboxylic acids is 1. The molecule has 0 bridgehead atoms. The summed E-state index contributed by atoms with van der Waals surface area (Å²) >= 11 is 0. The molecule has 0 radical (unpaired) electrons. The zero-order valence-electron chi connectivity index (χ0n) is 16.3. The maximum Gasteiger partial charge on any atom is 0.323 e. The zero-order valence-corrected chi connectivity index (χ0v) is 16.3. The molecule has 0 aromatic heterocycles. The van der Waals surface area contributed by atoms with E-state index in [1.165, 1.54) is 4.90 Å². The number of amides is 1. The van der Waals surface area contributed by atoms with Gasteiger partial charge in [0.05, 0.1) is 18.5 Å². The second-order valence-electron chi connectivity index (χ2n) is 6.88. The van der Waals surface area contributed by atoms with Crippen LogP contribution in [-0.4, -0.2) is 42.4 Å². The molecule has 6 heteroatoms. The monoisotopic (exact) mass is 380 g/mol. The van der Waals surface area contributed by atoms with Gasteiger partial charge in [-0.15, -0.1) is 0 Å². The number of aliphatic carboxylic acids is 1. The molecule has 1 amide bonds. The summed E-state index contributed by atoms with van der Waals surface area (Å²) in [7, 11) is 1.57. The third kappa shape index (κ3) is 3.76. The second-order valence-corrected chi connectivity index (χ2v) is 6.88. The highest BCUT2D eigenvalue weighted by Crippen LogP contribution is 2.33. The lowest BCUT2D eigenvalue weighted by Crippen LogP contribution is -2.43. The lowest BCUT2D eigenvalue weighted by molar-refractivity contribution is -0.136. The lowest BCUT2D eigenvalue weighted by atomic mass is 9.98. The first-order valence-corrected chi connectivity index (χ1v) is 9.31. The molecule has 0 saturated heterocycles. The summed E-state index contributed by atoms with van der Waals surface area (Å²) in [6.45, 7) is 3.55. The predicted octanol–water partition coefficient (Wildman–Crippen LogP) is 3.38. The van der Waals surface area contributed by atoms with Gasteiger partial charge in [0.15, 0.2) is 0 Å². The third-order valence-electron chi connectivity index (χ3n) is 5.06. The highest BCUT2D eigenvalue weighted by Gasteiger charge is 2.35. The number of fused-ring (bicyclic) bond motifs is 1. The molecule has 0 fully saturated rings. The summed E-state index contributed by atoms with van der Waals surface area (Å²) in [6, 6.07) is 14.2. The fourth-order valence-corrected chi connectivity index (χ4v) is 3.33. The van der Waals surface area contributed by atoms with E-state index in [0.717, 1.165) is 12.0 Å². The van der Waals surface area contributed by atoms with E-state index in [1.54, 1.807) is 19.2 Å². The Morgan fingerprint density at radius 2 is 1.96 bits per heavy atom. The van der Waals surface area contributed by atoms with Crippen LogP contribution in [0.5, 0.6) is 5.75 Å². The van der Waals surface area contributed by atoms with Gasteiger partial charge >= 0.3 is 5.97 Å². The van der Waals surface area contributed by atoms with Gasteiger partial charge in [-0.25, -0.2) is 0 Å². The Kier molecular flexibility index (Phi) is 5.78. The summed E-state index contributed by atoms with van der Waals surface area (Å²) in [5.41, 5.74) is 2.75. The number of hydrogen-bond donors (Lipinski definition) is 1. The minimum Gasteiger partial charge on any atom is -0.497 e. The Balaban J connectivity index is 2.28. The normalized spacial score (nSPS) is 17.4. The van der Waals surface area contributed by atoms with Crippen LogP contribution >= 0.6 is 0 Å². The molecule has 146 valence electrons. The first-order valence-electron chi connectivity index (χ1n) is 9.31. The van der Waals surface area contributed by atoms with Gasteiger partial charge in [-0.05, 0) is 24.1 Å². The van der Waals surface area contributed by atoms with Gasteiger partial charge in [0.2, 0.25) is 0 Å². The molecular formula is C22H24N2O4. The number of aliphatic imine (C=N–C) groups is 1. The van der Waals surface area contributed by atoms with E-state index in [9.17, 15) is 14.7 Å². The van der Waals surface area contributed by atoms with Crippen molar-refractivity contribution in [1.29, 1.82) is 0 Å². The molecule has 1 heterocycles. The van der Waals surface area contributed by atoms with Crippen molar-refractivity contribution in [2.75, 3.05) is 18.6 Å².